The van der Waals surface area contributed by atoms with Crippen LogP contribution in [0.15, 0.2) is 29.1 Å². The predicted octanol–water partition coefficient (Wildman–Crippen LogP) is 4.41. The largest absolute Gasteiger partial charge is 0.379 e. The number of thiophene rings is 1. The van der Waals surface area contributed by atoms with Crippen LogP contribution in [-0.4, -0.2) is 53.1 Å². The molecule has 3 aromatic rings. The number of piperidine rings is 1. The highest BCUT2D eigenvalue weighted by Gasteiger charge is 2.25. The number of nitrogens with zero attached hydrogens (tertiary/aromatic N) is 2. The first-order valence-electron chi connectivity index (χ1n) is 12.5. The van der Waals surface area contributed by atoms with Crippen molar-refractivity contribution in [3.63, 3.8) is 0 Å². The van der Waals surface area contributed by atoms with Crippen LogP contribution in [0.1, 0.15) is 49.4 Å². The molecule has 188 valence electrons. The van der Waals surface area contributed by atoms with Crippen LogP contribution in [0.25, 0.3) is 21.3 Å². The number of aryl methyl sites for hydroxylation is 2. The second-order valence-corrected chi connectivity index (χ2v) is 10.9. The van der Waals surface area contributed by atoms with Crippen molar-refractivity contribution in [1.29, 1.82) is 0 Å². The fraction of sp³-hybridized carbons (Fsp3) is 0.519. The number of hydrogen-bond acceptors (Lipinski definition) is 6. The maximum atomic E-state index is 13.1. The van der Waals surface area contributed by atoms with Crippen LogP contribution in [0.2, 0.25) is 0 Å². The Morgan fingerprint density at radius 2 is 1.94 bits per heavy atom. The molecule has 2 N–H and O–H groups in total. The van der Waals surface area contributed by atoms with Crippen molar-refractivity contribution < 1.29 is 9.53 Å². The summed E-state index contributed by atoms with van der Waals surface area (Å²) in [5.74, 6) is 0.871. The summed E-state index contributed by atoms with van der Waals surface area (Å²) in [6.07, 6.45) is 2.68. The molecule has 0 radical (unpaired) electrons. The van der Waals surface area contributed by atoms with Gasteiger partial charge < -0.3 is 15.0 Å². The maximum absolute atomic E-state index is 13.1. The summed E-state index contributed by atoms with van der Waals surface area (Å²) >= 11 is 1.57. The second-order valence-electron chi connectivity index (χ2n) is 9.71. The third-order valence-electron chi connectivity index (χ3n) is 6.53. The number of hydrogen-bond donors (Lipinski definition) is 2. The predicted molar refractivity (Wildman–Crippen MR) is 142 cm³/mol. The zero-order valence-electron chi connectivity index (χ0n) is 21.1. The Bertz CT molecular complexity index is 1210. The van der Waals surface area contributed by atoms with E-state index < -0.39 is 0 Å². The van der Waals surface area contributed by atoms with Gasteiger partial charge in [-0.3, -0.25) is 14.5 Å². The number of benzene rings is 1. The number of H-pyrrole nitrogens is 1. The molecule has 0 atom stereocenters. The first kappa shape index (κ1) is 25.5. The van der Waals surface area contributed by atoms with Gasteiger partial charge in [0, 0.05) is 29.5 Å². The van der Waals surface area contributed by atoms with Crippen LogP contribution in [0.5, 0.6) is 0 Å². The molecule has 35 heavy (non-hydrogen) atoms. The summed E-state index contributed by atoms with van der Waals surface area (Å²) < 4.78 is 5.52. The minimum Gasteiger partial charge on any atom is -0.379 e. The number of aromatic nitrogens is 2. The molecule has 7 nitrogen and oxygen atoms in total. The number of carbonyl (C=O) groups is 1. The molecule has 8 heteroatoms. The van der Waals surface area contributed by atoms with E-state index in [1.165, 1.54) is 5.56 Å². The lowest BCUT2D eigenvalue weighted by atomic mass is 9.96. The van der Waals surface area contributed by atoms with Gasteiger partial charge in [-0.25, -0.2) is 4.98 Å². The molecule has 0 bridgehead atoms. The molecule has 1 amide bonds. The van der Waals surface area contributed by atoms with Crippen LogP contribution in [-0.2, 0) is 16.1 Å². The van der Waals surface area contributed by atoms with E-state index in [0.29, 0.717) is 30.9 Å². The van der Waals surface area contributed by atoms with E-state index in [1.807, 2.05) is 20.8 Å². The molecule has 0 spiro atoms. The van der Waals surface area contributed by atoms with Gasteiger partial charge in [-0.05, 0) is 65.6 Å². The van der Waals surface area contributed by atoms with Gasteiger partial charge >= 0.3 is 0 Å². The van der Waals surface area contributed by atoms with Gasteiger partial charge in [-0.2, -0.15) is 0 Å². The molecule has 4 rings (SSSR count). The Labute approximate surface area is 210 Å². The lowest BCUT2D eigenvalue weighted by molar-refractivity contribution is -0.126. The van der Waals surface area contributed by atoms with Gasteiger partial charge in [-0.1, -0.05) is 29.8 Å². The van der Waals surface area contributed by atoms with E-state index in [0.717, 1.165) is 53.2 Å². The van der Waals surface area contributed by atoms with E-state index in [9.17, 15) is 9.59 Å². The first-order chi connectivity index (χ1) is 16.8. The van der Waals surface area contributed by atoms with Gasteiger partial charge in [0.15, 0.2) is 0 Å². The topological polar surface area (TPSA) is 87.3 Å². The van der Waals surface area contributed by atoms with Crippen molar-refractivity contribution >= 4 is 27.5 Å². The summed E-state index contributed by atoms with van der Waals surface area (Å²) in [6, 6.07) is 8.27. The number of carbonyl (C=O) groups excluding carboxylic acids is 1. The van der Waals surface area contributed by atoms with Crippen molar-refractivity contribution in [1.82, 2.24) is 20.2 Å². The summed E-state index contributed by atoms with van der Waals surface area (Å²) in [4.78, 5) is 37.5. The summed E-state index contributed by atoms with van der Waals surface area (Å²) in [5, 5.41) is 3.72. The molecular formula is C27H36N4O3S. The molecule has 1 aliphatic rings. The molecule has 2 aromatic heterocycles. The van der Waals surface area contributed by atoms with Gasteiger partial charge in [0.1, 0.15) is 10.7 Å². The Morgan fingerprint density at radius 1 is 1.23 bits per heavy atom. The molecule has 1 aliphatic heterocycles. The Balaban J connectivity index is 1.35. The lowest BCUT2D eigenvalue weighted by Crippen LogP contribution is -2.41. The summed E-state index contributed by atoms with van der Waals surface area (Å²) in [5.41, 5.74) is 3.14. The smallest absolute Gasteiger partial charge is 0.260 e. The molecular weight excluding hydrogens is 460 g/mol. The SMILES string of the molecule is Cc1ccc(-c2c(C)sc3nc(CN4CCC(C(=O)NCCCOC(C)C)CC4)[nH]c(=O)c23)cc1. The third-order valence-corrected chi connectivity index (χ3v) is 7.53. The maximum Gasteiger partial charge on any atom is 0.260 e. The highest BCUT2D eigenvalue weighted by Crippen LogP contribution is 2.35. The summed E-state index contributed by atoms with van der Waals surface area (Å²) in [6.45, 7) is 11.7. The molecule has 0 saturated carbocycles. The fourth-order valence-electron chi connectivity index (χ4n) is 4.62. The lowest BCUT2D eigenvalue weighted by Gasteiger charge is -2.30. The Hall–Kier alpha value is -2.55. The van der Waals surface area contributed by atoms with Crippen LogP contribution in [0, 0.1) is 19.8 Å². The Morgan fingerprint density at radius 3 is 2.63 bits per heavy atom. The number of amides is 1. The first-order valence-corrected chi connectivity index (χ1v) is 13.3. The average Bonchev–Trinajstić information content (AvgIpc) is 3.15. The van der Waals surface area contributed by atoms with Gasteiger partial charge in [0.25, 0.3) is 5.56 Å². The number of aromatic amines is 1. The van der Waals surface area contributed by atoms with Crippen molar-refractivity contribution in [2.24, 2.45) is 5.92 Å². The van der Waals surface area contributed by atoms with E-state index in [-0.39, 0.29) is 23.5 Å². The van der Waals surface area contributed by atoms with Gasteiger partial charge in [0.05, 0.1) is 18.0 Å². The summed E-state index contributed by atoms with van der Waals surface area (Å²) in [7, 11) is 0. The highest BCUT2D eigenvalue weighted by atomic mass is 32.1. The number of likely N-dealkylation sites (tertiary alicyclic amines) is 1. The Kier molecular flexibility index (Phi) is 8.36. The number of fused-ring (bicyclic) bond motifs is 1. The number of nitrogens with one attached hydrogen (secondary N) is 2. The second kappa shape index (κ2) is 11.5. The molecule has 0 unspecified atom stereocenters. The van der Waals surface area contributed by atoms with Crippen LogP contribution < -0.4 is 10.9 Å². The van der Waals surface area contributed by atoms with E-state index >= 15 is 0 Å². The van der Waals surface area contributed by atoms with Gasteiger partial charge in [0.2, 0.25) is 5.91 Å². The highest BCUT2D eigenvalue weighted by molar-refractivity contribution is 7.19. The molecule has 1 aromatic carbocycles. The fourth-order valence-corrected chi connectivity index (χ4v) is 5.68. The molecule has 1 saturated heterocycles. The van der Waals surface area contributed by atoms with Crippen LogP contribution >= 0.6 is 11.3 Å². The normalized spacial score (nSPS) is 15.2. The van der Waals surface area contributed by atoms with Crippen molar-refractivity contribution in [3.05, 3.63) is 50.9 Å². The third kappa shape index (κ3) is 6.37. The van der Waals surface area contributed by atoms with E-state index in [4.69, 9.17) is 9.72 Å². The zero-order valence-corrected chi connectivity index (χ0v) is 22.0. The minimum absolute atomic E-state index is 0.0452. The monoisotopic (exact) mass is 496 g/mol. The van der Waals surface area contributed by atoms with Crippen molar-refractivity contribution in [2.45, 2.75) is 59.6 Å². The quantitative estimate of drug-likeness (QED) is 0.429. The molecule has 1 fully saturated rings. The van der Waals surface area contributed by atoms with E-state index in [1.54, 1.807) is 11.3 Å². The van der Waals surface area contributed by atoms with E-state index in [2.05, 4.69) is 46.4 Å². The van der Waals surface area contributed by atoms with Crippen LogP contribution in [0.4, 0.5) is 0 Å². The minimum atomic E-state index is -0.0827. The van der Waals surface area contributed by atoms with Crippen molar-refractivity contribution in [2.75, 3.05) is 26.2 Å². The number of rotatable bonds is 9. The molecule has 0 aliphatic carbocycles. The average molecular weight is 497 g/mol. The standard InChI is InChI=1S/C27H36N4O3S/c1-17(2)34-15-5-12-28-25(32)21-10-13-31(14-11-21)16-22-29-26(33)24-23(19(4)35-27(24)30-22)20-8-6-18(3)7-9-20/h6-9,17,21H,5,10-16H2,1-4H3,(H,28,32)(H,29,30,33). The van der Waals surface area contributed by atoms with Crippen LogP contribution in [0.3, 0.4) is 0 Å². The zero-order chi connectivity index (χ0) is 24.9. The number of ether oxygens (including phenoxy) is 1. The van der Waals surface area contributed by atoms with Gasteiger partial charge in [-0.15, -0.1) is 11.3 Å². The molecule has 3 heterocycles. The van der Waals surface area contributed by atoms with Crippen molar-refractivity contribution in [3.8, 4) is 11.1 Å².